The predicted molar refractivity (Wildman–Crippen MR) is 143 cm³/mol. The molecule has 0 radical (unpaired) electrons. The molecular weight excluding hydrogens is 521 g/mol. The fourth-order valence-corrected chi connectivity index (χ4v) is 5.92. The first-order chi connectivity index (χ1) is 19.1. The largest absolute Gasteiger partial charge is 0.472 e. The molecule has 0 spiro atoms. The smallest absolute Gasteiger partial charge is 0.260 e. The van der Waals surface area contributed by atoms with Crippen molar-refractivity contribution in [1.29, 1.82) is 0 Å². The Labute approximate surface area is 228 Å². The first-order valence-corrected chi connectivity index (χ1v) is 13.2. The van der Waals surface area contributed by atoms with Crippen molar-refractivity contribution in [2.45, 2.75) is 37.8 Å². The molecule has 1 saturated carbocycles. The van der Waals surface area contributed by atoms with Crippen LogP contribution >= 0.6 is 11.6 Å². The number of nitrogens with zero attached hydrogens (tertiary/aromatic N) is 5. The van der Waals surface area contributed by atoms with Crippen molar-refractivity contribution in [3.8, 4) is 28.7 Å². The minimum atomic E-state index is -0.351. The summed E-state index contributed by atoms with van der Waals surface area (Å²) >= 11 is 6.18. The second kappa shape index (κ2) is 9.50. The maximum absolute atomic E-state index is 15.1. The summed E-state index contributed by atoms with van der Waals surface area (Å²) in [4.78, 5) is 28.8. The molecule has 1 aliphatic carbocycles. The van der Waals surface area contributed by atoms with Crippen LogP contribution in [0.1, 0.15) is 42.1 Å². The summed E-state index contributed by atoms with van der Waals surface area (Å²) in [6, 6.07) is 13.5. The van der Waals surface area contributed by atoms with Crippen LogP contribution in [0.5, 0.6) is 5.75 Å². The third kappa shape index (κ3) is 4.13. The normalized spacial score (nSPS) is 19.2. The van der Waals surface area contributed by atoms with Crippen molar-refractivity contribution < 1.29 is 18.3 Å². The SMILES string of the molecule is O=C1c2cc(Cl)ccc2OCN1C1CCCC(n2c(-c3ccccc3F)nc3cnc(-c4ncco4)cc32)C1. The van der Waals surface area contributed by atoms with E-state index in [0.29, 0.717) is 51.2 Å². The summed E-state index contributed by atoms with van der Waals surface area (Å²) in [6.45, 7) is 0.175. The lowest BCUT2D eigenvalue weighted by molar-refractivity contribution is 0.0280. The predicted octanol–water partition coefficient (Wildman–Crippen LogP) is 6.52. The number of hydrogen-bond donors (Lipinski definition) is 0. The van der Waals surface area contributed by atoms with Crippen LogP contribution < -0.4 is 4.74 Å². The Bertz CT molecular complexity index is 1700. The molecule has 1 amide bonds. The number of imidazole rings is 1. The van der Waals surface area contributed by atoms with Gasteiger partial charge >= 0.3 is 0 Å². The van der Waals surface area contributed by atoms with Gasteiger partial charge in [0.2, 0.25) is 5.89 Å². The number of benzene rings is 2. The number of carbonyl (C=O) groups is 1. The van der Waals surface area contributed by atoms with E-state index in [-0.39, 0.29) is 30.5 Å². The molecule has 8 nitrogen and oxygen atoms in total. The van der Waals surface area contributed by atoms with Gasteiger partial charge in [0, 0.05) is 17.1 Å². The molecule has 10 heteroatoms. The Morgan fingerprint density at radius 3 is 2.74 bits per heavy atom. The number of halogens is 2. The fraction of sp³-hybridized carbons (Fsp3) is 0.241. The monoisotopic (exact) mass is 543 g/mol. The van der Waals surface area contributed by atoms with Crippen molar-refractivity contribution in [2.24, 2.45) is 0 Å². The number of oxazole rings is 1. The Morgan fingerprint density at radius 2 is 1.90 bits per heavy atom. The molecule has 39 heavy (non-hydrogen) atoms. The van der Waals surface area contributed by atoms with Crippen LogP contribution in [0.25, 0.3) is 34.0 Å². The molecule has 2 aliphatic rings. The average Bonchev–Trinajstić information content (AvgIpc) is 3.62. The first-order valence-electron chi connectivity index (χ1n) is 12.8. The van der Waals surface area contributed by atoms with E-state index in [0.717, 1.165) is 24.8 Å². The summed E-state index contributed by atoms with van der Waals surface area (Å²) < 4.78 is 28.6. The highest BCUT2D eigenvalue weighted by atomic mass is 35.5. The highest BCUT2D eigenvalue weighted by molar-refractivity contribution is 6.31. The topological polar surface area (TPSA) is 86.3 Å². The number of pyridine rings is 1. The van der Waals surface area contributed by atoms with E-state index < -0.39 is 0 Å². The van der Waals surface area contributed by atoms with Gasteiger partial charge in [-0.2, -0.15) is 0 Å². The second-order valence-corrected chi connectivity index (χ2v) is 10.3. The molecule has 5 aromatic rings. The van der Waals surface area contributed by atoms with Crippen LogP contribution in [0.15, 0.2) is 71.6 Å². The molecule has 0 saturated heterocycles. The van der Waals surface area contributed by atoms with Gasteiger partial charge in [0.1, 0.15) is 34.9 Å². The lowest BCUT2D eigenvalue weighted by Crippen LogP contribution is -2.47. The number of hydrogen-bond acceptors (Lipinski definition) is 6. The molecule has 0 N–H and O–H groups in total. The van der Waals surface area contributed by atoms with Gasteiger partial charge in [-0.15, -0.1) is 0 Å². The number of amides is 1. The van der Waals surface area contributed by atoms with E-state index >= 15 is 4.39 Å². The summed E-state index contributed by atoms with van der Waals surface area (Å²) in [5.74, 6) is 1.02. The van der Waals surface area contributed by atoms with Crippen molar-refractivity contribution in [3.63, 3.8) is 0 Å². The third-order valence-electron chi connectivity index (χ3n) is 7.56. The lowest BCUT2D eigenvalue weighted by Gasteiger charge is -2.40. The van der Waals surface area contributed by atoms with Crippen LogP contribution in [0.2, 0.25) is 5.02 Å². The van der Waals surface area contributed by atoms with Gasteiger partial charge in [-0.05, 0) is 62.1 Å². The summed E-state index contributed by atoms with van der Waals surface area (Å²) in [5.41, 5.74) is 2.90. The fourth-order valence-electron chi connectivity index (χ4n) is 5.74. The number of ether oxygens (including phenoxy) is 1. The molecule has 1 fully saturated rings. The first kappa shape index (κ1) is 23.8. The second-order valence-electron chi connectivity index (χ2n) is 9.84. The molecular formula is C29H23ClFN5O3. The Balaban J connectivity index is 1.30. The molecule has 0 bridgehead atoms. The van der Waals surface area contributed by atoms with Gasteiger partial charge in [-0.25, -0.2) is 19.3 Å². The highest BCUT2D eigenvalue weighted by Gasteiger charge is 2.36. The van der Waals surface area contributed by atoms with Crippen LogP contribution in [0, 0.1) is 5.82 Å². The van der Waals surface area contributed by atoms with E-state index in [1.54, 1.807) is 53.7 Å². The minimum Gasteiger partial charge on any atom is -0.472 e. The zero-order valence-corrected chi connectivity index (χ0v) is 21.5. The van der Waals surface area contributed by atoms with E-state index in [2.05, 4.69) is 14.5 Å². The van der Waals surface area contributed by atoms with Crippen LogP contribution in [0.4, 0.5) is 4.39 Å². The average molecular weight is 544 g/mol. The summed E-state index contributed by atoms with van der Waals surface area (Å²) in [7, 11) is 0. The van der Waals surface area contributed by atoms with Crippen LogP contribution in [0.3, 0.4) is 0 Å². The van der Waals surface area contributed by atoms with Crippen molar-refractivity contribution in [2.75, 3.05) is 6.73 Å². The van der Waals surface area contributed by atoms with Crippen LogP contribution in [-0.4, -0.2) is 43.1 Å². The maximum atomic E-state index is 15.1. The van der Waals surface area contributed by atoms with Crippen molar-refractivity contribution in [3.05, 3.63) is 83.6 Å². The van der Waals surface area contributed by atoms with E-state index in [1.807, 2.05) is 6.07 Å². The quantitative estimate of drug-likeness (QED) is 0.256. The lowest BCUT2D eigenvalue weighted by atomic mass is 9.89. The Morgan fingerprint density at radius 1 is 1.03 bits per heavy atom. The van der Waals surface area contributed by atoms with Gasteiger partial charge in [0.15, 0.2) is 6.73 Å². The highest BCUT2D eigenvalue weighted by Crippen LogP contribution is 2.40. The van der Waals surface area contributed by atoms with Crippen LogP contribution in [-0.2, 0) is 0 Å². The number of aromatic nitrogens is 4. The molecule has 4 heterocycles. The maximum Gasteiger partial charge on any atom is 0.260 e. The summed E-state index contributed by atoms with van der Waals surface area (Å²) in [5, 5.41) is 0.490. The molecule has 2 unspecified atom stereocenters. The zero-order valence-electron chi connectivity index (χ0n) is 20.8. The Hall–Kier alpha value is -4.24. The molecule has 196 valence electrons. The number of rotatable bonds is 4. The number of carbonyl (C=O) groups excluding carboxylic acids is 1. The van der Waals surface area contributed by atoms with Gasteiger partial charge in [0.25, 0.3) is 5.91 Å². The van der Waals surface area contributed by atoms with Gasteiger partial charge < -0.3 is 18.6 Å². The molecule has 2 aromatic carbocycles. The third-order valence-corrected chi connectivity index (χ3v) is 7.79. The standard InChI is InChI=1S/C29H23ClFN5O3/c30-17-8-9-26-21(12-17)29(37)35(16-39-26)18-4-3-5-19(13-18)36-25-14-23(28-32-10-11-38-28)33-15-24(25)34-27(36)20-6-1-2-7-22(20)31/h1-2,6-12,14-15,18-19H,3-5,13,16H2. The zero-order chi connectivity index (χ0) is 26.5. The van der Waals surface area contributed by atoms with Crippen molar-refractivity contribution in [1.82, 2.24) is 24.4 Å². The van der Waals surface area contributed by atoms with E-state index in [4.69, 9.17) is 25.7 Å². The van der Waals surface area contributed by atoms with E-state index in [1.165, 1.54) is 12.3 Å². The molecule has 2 atom stereocenters. The van der Waals surface area contributed by atoms with E-state index in [9.17, 15) is 4.79 Å². The summed E-state index contributed by atoms with van der Waals surface area (Å²) in [6.07, 6.45) is 7.97. The molecule has 3 aromatic heterocycles. The van der Waals surface area contributed by atoms with Gasteiger partial charge in [-0.1, -0.05) is 23.7 Å². The van der Waals surface area contributed by atoms with Gasteiger partial charge in [-0.3, -0.25) is 4.79 Å². The molecule has 7 rings (SSSR count). The molecule has 1 aliphatic heterocycles. The van der Waals surface area contributed by atoms with Crippen molar-refractivity contribution >= 4 is 28.5 Å². The Kier molecular flexibility index (Phi) is 5.81. The van der Waals surface area contributed by atoms with Gasteiger partial charge in [0.05, 0.1) is 29.0 Å². The minimum absolute atomic E-state index is 0.0447. The number of fused-ring (bicyclic) bond motifs is 2.